The summed E-state index contributed by atoms with van der Waals surface area (Å²) in [4.78, 5) is 28.5. The minimum atomic E-state index is -0.634. The number of rotatable bonds is 3. The fourth-order valence-corrected chi connectivity index (χ4v) is 2.60. The van der Waals surface area contributed by atoms with Gasteiger partial charge in [0.1, 0.15) is 17.3 Å². The van der Waals surface area contributed by atoms with Crippen molar-refractivity contribution in [2.45, 2.75) is 0 Å². The van der Waals surface area contributed by atoms with E-state index in [1.807, 2.05) is 0 Å². The molecule has 1 aliphatic heterocycles. The molecule has 2 aromatic carbocycles. The van der Waals surface area contributed by atoms with E-state index < -0.39 is 11.8 Å². The van der Waals surface area contributed by atoms with Crippen LogP contribution >= 0.6 is 0 Å². The largest absolute Gasteiger partial charge is 0.452 e. The molecule has 3 aromatic rings. The predicted octanol–water partition coefficient (Wildman–Crippen LogP) is 4.06. The van der Waals surface area contributed by atoms with Crippen LogP contribution in [0.4, 0.5) is 4.39 Å². The first-order valence-corrected chi connectivity index (χ1v) is 8.06. The molecule has 2 heterocycles. The Morgan fingerprint density at radius 1 is 1.11 bits per heavy atom. The lowest BCUT2D eigenvalue weighted by Gasteiger charge is -2.05. The summed E-state index contributed by atoms with van der Waals surface area (Å²) in [5, 5.41) is 0. The Kier molecular flexibility index (Phi) is 4.22. The van der Waals surface area contributed by atoms with Crippen molar-refractivity contribution in [2.75, 3.05) is 0 Å². The summed E-state index contributed by atoms with van der Waals surface area (Å²) in [7, 11) is 0. The van der Waals surface area contributed by atoms with Gasteiger partial charge in [0.2, 0.25) is 5.78 Å². The Bertz CT molecular complexity index is 1060. The Hall–Kier alpha value is -3.80. The average Bonchev–Trinajstić information content (AvgIpc) is 2.98. The van der Waals surface area contributed by atoms with Crippen molar-refractivity contribution in [1.82, 2.24) is 4.98 Å². The van der Waals surface area contributed by atoms with Crippen molar-refractivity contribution < 1.29 is 23.5 Å². The van der Waals surface area contributed by atoms with Crippen LogP contribution in [0.15, 0.2) is 72.8 Å². The second-order valence-corrected chi connectivity index (χ2v) is 5.78. The number of hydrogen-bond donors (Lipinski definition) is 0. The average molecular weight is 361 g/mol. The van der Waals surface area contributed by atoms with Crippen LogP contribution in [0.5, 0.6) is 11.5 Å². The minimum Gasteiger partial charge on any atom is -0.452 e. The SMILES string of the molecule is O=C(Oc1ccc2c(c1)O/C(=C\c1cccnc1)C2=O)c1ccc(F)cc1. The maximum absolute atomic E-state index is 12.9. The van der Waals surface area contributed by atoms with Gasteiger partial charge in [0.15, 0.2) is 5.76 Å². The zero-order valence-corrected chi connectivity index (χ0v) is 13.9. The summed E-state index contributed by atoms with van der Waals surface area (Å²) in [5.74, 6) is -0.641. The quantitative estimate of drug-likeness (QED) is 0.400. The number of Topliss-reactive ketones (excluding diaryl/α,β-unsaturated/α-hetero) is 1. The number of hydrogen-bond acceptors (Lipinski definition) is 5. The van der Waals surface area contributed by atoms with E-state index in [0.29, 0.717) is 11.3 Å². The third kappa shape index (κ3) is 3.46. The van der Waals surface area contributed by atoms with Gasteiger partial charge in [0.05, 0.1) is 11.1 Å². The lowest BCUT2D eigenvalue weighted by molar-refractivity contribution is 0.0734. The van der Waals surface area contributed by atoms with Crippen LogP contribution in [0.25, 0.3) is 6.08 Å². The fourth-order valence-electron chi connectivity index (χ4n) is 2.60. The third-order valence-corrected chi connectivity index (χ3v) is 3.91. The van der Waals surface area contributed by atoms with E-state index in [1.54, 1.807) is 30.6 Å². The number of allylic oxidation sites excluding steroid dienone is 1. The van der Waals surface area contributed by atoms with Gasteiger partial charge in [-0.05, 0) is 54.1 Å². The van der Waals surface area contributed by atoms with Crippen molar-refractivity contribution in [3.05, 3.63) is 95.3 Å². The number of halogens is 1. The number of ketones is 1. The molecule has 0 saturated heterocycles. The van der Waals surface area contributed by atoms with Crippen LogP contribution in [0.1, 0.15) is 26.3 Å². The molecule has 1 aliphatic rings. The highest BCUT2D eigenvalue weighted by Crippen LogP contribution is 2.35. The van der Waals surface area contributed by atoms with Crippen LogP contribution in [0.3, 0.4) is 0 Å². The van der Waals surface area contributed by atoms with Crippen LogP contribution in [0.2, 0.25) is 0 Å². The second kappa shape index (κ2) is 6.84. The normalized spacial score (nSPS) is 14.0. The summed E-state index contributed by atoms with van der Waals surface area (Å²) in [6.07, 6.45) is 4.85. The molecule has 0 bridgehead atoms. The van der Waals surface area contributed by atoms with Gasteiger partial charge in [0, 0.05) is 18.5 Å². The summed E-state index contributed by atoms with van der Waals surface area (Å²) in [6, 6.07) is 13.1. The molecule has 0 spiro atoms. The minimum absolute atomic E-state index is 0.167. The Balaban J connectivity index is 1.55. The van der Waals surface area contributed by atoms with Crippen LogP contribution in [-0.4, -0.2) is 16.7 Å². The molecular formula is C21H12FNO4. The summed E-state index contributed by atoms with van der Waals surface area (Å²) >= 11 is 0. The standard InChI is InChI=1S/C21H12FNO4/c22-15-5-3-14(4-6-15)21(25)26-16-7-8-17-18(11-16)27-19(20(17)24)10-13-2-1-9-23-12-13/h1-12H/b19-10-. The molecule has 6 heteroatoms. The van der Waals surface area contributed by atoms with Crippen LogP contribution in [-0.2, 0) is 0 Å². The molecule has 0 aliphatic carbocycles. The van der Waals surface area contributed by atoms with Gasteiger partial charge in [-0.3, -0.25) is 9.78 Å². The highest BCUT2D eigenvalue weighted by atomic mass is 19.1. The Morgan fingerprint density at radius 2 is 1.93 bits per heavy atom. The smallest absolute Gasteiger partial charge is 0.343 e. The van der Waals surface area contributed by atoms with E-state index in [4.69, 9.17) is 9.47 Å². The third-order valence-electron chi connectivity index (χ3n) is 3.91. The highest BCUT2D eigenvalue weighted by Gasteiger charge is 2.28. The number of nitrogens with zero attached hydrogens (tertiary/aromatic N) is 1. The van der Waals surface area contributed by atoms with E-state index >= 15 is 0 Å². The topological polar surface area (TPSA) is 65.5 Å². The lowest BCUT2D eigenvalue weighted by Crippen LogP contribution is -2.08. The first-order chi connectivity index (χ1) is 13.1. The fraction of sp³-hybridized carbons (Fsp3) is 0. The molecule has 0 fully saturated rings. The summed E-state index contributed by atoms with van der Waals surface area (Å²) in [5.41, 5.74) is 1.33. The van der Waals surface area contributed by atoms with Crippen molar-refractivity contribution >= 4 is 17.8 Å². The zero-order chi connectivity index (χ0) is 18.8. The van der Waals surface area contributed by atoms with Crippen molar-refractivity contribution in [2.24, 2.45) is 0 Å². The molecule has 0 N–H and O–H groups in total. The maximum Gasteiger partial charge on any atom is 0.343 e. The van der Waals surface area contributed by atoms with Crippen LogP contribution in [0, 0.1) is 5.82 Å². The molecule has 4 rings (SSSR count). The maximum atomic E-state index is 12.9. The summed E-state index contributed by atoms with van der Waals surface area (Å²) in [6.45, 7) is 0. The van der Waals surface area contributed by atoms with Gasteiger partial charge in [-0.2, -0.15) is 0 Å². The molecule has 0 atom stereocenters. The molecule has 0 unspecified atom stereocenters. The van der Waals surface area contributed by atoms with Gasteiger partial charge >= 0.3 is 5.97 Å². The predicted molar refractivity (Wildman–Crippen MR) is 95.0 cm³/mol. The molecular weight excluding hydrogens is 349 g/mol. The summed E-state index contributed by atoms with van der Waals surface area (Å²) < 4.78 is 23.8. The molecule has 27 heavy (non-hydrogen) atoms. The van der Waals surface area contributed by atoms with Crippen LogP contribution < -0.4 is 9.47 Å². The van der Waals surface area contributed by atoms with E-state index in [2.05, 4.69) is 4.98 Å². The number of aromatic nitrogens is 1. The first-order valence-electron chi connectivity index (χ1n) is 8.06. The number of fused-ring (bicyclic) bond motifs is 1. The van der Waals surface area contributed by atoms with Gasteiger partial charge in [-0.15, -0.1) is 0 Å². The van der Waals surface area contributed by atoms with Gasteiger partial charge < -0.3 is 9.47 Å². The second-order valence-electron chi connectivity index (χ2n) is 5.78. The molecule has 0 saturated carbocycles. The Morgan fingerprint density at radius 3 is 2.67 bits per heavy atom. The molecule has 0 radical (unpaired) electrons. The van der Waals surface area contributed by atoms with Gasteiger partial charge in [0.25, 0.3) is 0 Å². The van der Waals surface area contributed by atoms with E-state index in [-0.39, 0.29) is 22.9 Å². The van der Waals surface area contributed by atoms with Crippen molar-refractivity contribution in [1.29, 1.82) is 0 Å². The molecule has 5 nitrogen and oxygen atoms in total. The number of carbonyl (C=O) groups excluding carboxylic acids is 2. The first kappa shape index (κ1) is 16.7. The highest BCUT2D eigenvalue weighted by molar-refractivity contribution is 6.14. The van der Waals surface area contributed by atoms with Gasteiger partial charge in [-0.1, -0.05) is 6.07 Å². The number of benzene rings is 2. The zero-order valence-electron chi connectivity index (χ0n) is 13.9. The number of esters is 1. The Labute approximate surface area is 153 Å². The molecule has 1 aromatic heterocycles. The van der Waals surface area contributed by atoms with E-state index in [0.717, 1.165) is 5.56 Å². The number of carbonyl (C=O) groups is 2. The number of ether oxygens (including phenoxy) is 2. The molecule has 132 valence electrons. The van der Waals surface area contributed by atoms with E-state index in [9.17, 15) is 14.0 Å². The van der Waals surface area contributed by atoms with Gasteiger partial charge in [-0.25, -0.2) is 9.18 Å². The molecule has 0 amide bonds. The van der Waals surface area contributed by atoms with Crippen molar-refractivity contribution in [3.8, 4) is 11.5 Å². The van der Waals surface area contributed by atoms with Crippen molar-refractivity contribution in [3.63, 3.8) is 0 Å². The monoisotopic (exact) mass is 361 g/mol. The number of pyridine rings is 1. The van der Waals surface area contributed by atoms with E-state index in [1.165, 1.54) is 42.5 Å². The lowest BCUT2D eigenvalue weighted by atomic mass is 10.1.